The molecule has 2 aromatic rings. The van der Waals surface area contributed by atoms with E-state index in [0.717, 1.165) is 11.3 Å². The fraction of sp³-hybridized carbons (Fsp3) is 0.111. The lowest BCUT2D eigenvalue weighted by Crippen LogP contribution is -1.98. The van der Waals surface area contributed by atoms with Gasteiger partial charge in [-0.25, -0.2) is 4.99 Å². The normalized spacial score (nSPS) is 12.0. The maximum atomic E-state index is 5.89. The van der Waals surface area contributed by atoms with Crippen molar-refractivity contribution in [2.75, 3.05) is 5.73 Å². The van der Waals surface area contributed by atoms with E-state index in [4.69, 9.17) is 17.3 Å². The molecule has 0 saturated carbocycles. The van der Waals surface area contributed by atoms with E-state index in [1.165, 1.54) is 20.7 Å². The number of nitrogen functional groups attached to an aromatic ring is 1. The first-order chi connectivity index (χ1) is 7.15. The van der Waals surface area contributed by atoms with Crippen LogP contribution in [0.25, 0.3) is 0 Å². The Morgan fingerprint density at radius 1 is 1.40 bits per heavy atom. The molecule has 0 fully saturated rings. The van der Waals surface area contributed by atoms with Gasteiger partial charge in [0.05, 0.1) is 5.69 Å². The highest BCUT2D eigenvalue weighted by molar-refractivity contribution is 7.69. The van der Waals surface area contributed by atoms with E-state index in [2.05, 4.69) is 9.98 Å². The van der Waals surface area contributed by atoms with E-state index in [0.29, 0.717) is 15.0 Å². The Balaban J connectivity index is 2.51. The zero-order chi connectivity index (χ0) is 10.8. The third kappa shape index (κ3) is 2.56. The van der Waals surface area contributed by atoms with Gasteiger partial charge >= 0.3 is 0 Å². The summed E-state index contributed by atoms with van der Waals surface area (Å²) in [7, 11) is 2.87. The molecular formula is C9H8ClN3S2. The number of nitrogens with zero attached hydrogens (tertiary/aromatic N) is 2. The fourth-order valence-electron chi connectivity index (χ4n) is 1.06. The third-order valence-corrected chi connectivity index (χ3v) is 3.92. The number of benzene rings is 1. The third-order valence-electron chi connectivity index (χ3n) is 1.79. The lowest BCUT2D eigenvalue weighted by molar-refractivity contribution is 1.23. The average molecular weight is 258 g/mol. The van der Waals surface area contributed by atoms with Crippen molar-refractivity contribution in [3.05, 3.63) is 33.6 Å². The molecule has 0 aliphatic carbocycles. The Bertz CT molecular complexity index is 544. The number of hydrogen-bond acceptors (Lipinski definition) is 5. The van der Waals surface area contributed by atoms with Crippen LogP contribution in [0.1, 0.15) is 5.56 Å². The number of hydrogen-bond donors (Lipinski definition) is 1. The molecule has 1 heterocycles. The van der Waals surface area contributed by atoms with Gasteiger partial charge in [-0.3, -0.25) is 0 Å². The van der Waals surface area contributed by atoms with E-state index < -0.39 is 0 Å². The summed E-state index contributed by atoms with van der Waals surface area (Å²) in [5.41, 5.74) is 7.44. The summed E-state index contributed by atoms with van der Waals surface area (Å²) in [6.07, 6.45) is 0. The number of nitrogens with two attached hydrogens (primary N) is 1. The van der Waals surface area contributed by atoms with Gasteiger partial charge in [-0.2, -0.15) is 4.98 Å². The van der Waals surface area contributed by atoms with Crippen LogP contribution in [0.5, 0.6) is 0 Å². The van der Waals surface area contributed by atoms with Crippen molar-refractivity contribution in [2.45, 2.75) is 6.92 Å². The minimum absolute atomic E-state index is 0.540. The summed E-state index contributed by atoms with van der Waals surface area (Å²) in [5, 5.41) is 1.21. The number of anilines is 1. The van der Waals surface area contributed by atoms with E-state index >= 15 is 0 Å². The van der Waals surface area contributed by atoms with Crippen molar-refractivity contribution in [2.24, 2.45) is 4.99 Å². The van der Waals surface area contributed by atoms with E-state index in [9.17, 15) is 0 Å². The molecule has 6 heteroatoms. The molecule has 0 amide bonds. The summed E-state index contributed by atoms with van der Waals surface area (Å²) < 4.78 is 0. The average Bonchev–Trinajstić information content (AvgIpc) is 2.58. The zero-order valence-electron chi connectivity index (χ0n) is 7.90. The van der Waals surface area contributed by atoms with Gasteiger partial charge < -0.3 is 5.73 Å². The Morgan fingerprint density at radius 3 is 2.87 bits per heavy atom. The minimum Gasteiger partial charge on any atom is -0.374 e. The molecule has 78 valence electrons. The Morgan fingerprint density at radius 2 is 2.20 bits per heavy atom. The summed E-state index contributed by atoms with van der Waals surface area (Å²) in [5.74, 6) is 0. The maximum Gasteiger partial charge on any atom is 0.222 e. The SMILES string of the molecule is Cc1ccc(Cl)cc1N=c1nc(N)ss1. The Labute approximate surface area is 99.3 Å². The molecular weight excluding hydrogens is 250 g/mol. The van der Waals surface area contributed by atoms with Crippen molar-refractivity contribution < 1.29 is 0 Å². The van der Waals surface area contributed by atoms with Gasteiger partial charge in [0, 0.05) is 5.02 Å². The van der Waals surface area contributed by atoms with Crippen molar-refractivity contribution >= 4 is 43.1 Å². The van der Waals surface area contributed by atoms with Crippen LogP contribution in [0.15, 0.2) is 23.2 Å². The number of rotatable bonds is 1. The van der Waals surface area contributed by atoms with Crippen molar-refractivity contribution in [3.8, 4) is 0 Å². The molecule has 0 atom stereocenters. The predicted octanol–water partition coefficient (Wildman–Crippen LogP) is 2.98. The molecule has 0 aliphatic rings. The zero-order valence-corrected chi connectivity index (χ0v) is 10.3. The molecule has 0 unspecified atom stereocenters. The first kappa shape index (κ1) is 10.6. The van der Waals surface area contributed by atoms with Crippen LogP contribution in [0, 0.1) is 6.92 Å². The topological polar surface area (TPSA) is 51.3 Å². The predicted molar refractivity (Wildman–Crippen MR) is 65.8 cm³/mol. The quantitative estimate of drug-likeness (QED) is 0.799. The highest BCUT2D eigenvalue weighted by atomic mass is 35.5. The van der Waals surface area contributed by atoms with Crippen LogP contribution < -0.4 is 10.5 Å². The smallest absolute Gasteiger partial charge is 0.222 e. The lowest BCUT2D eigenvalue weighted by atomic mass is 10.2. The highest BCUT2D eigenvalue weighted by Gasteiger charge is 1.98. The standard InChI is InChI=1S/C9H8ClN3S2/c1-5-2-3-6(10)4-7(5)12-9-13-8(11)14-15-9/h2-4H,1H3,(H2,11,12,13). The second-order valence-corrected chi connectivity index (χ2v) is 5.50. The number of halogens is 1. The van der Waals surface area contributed by atoms with Gasteiger partial charge in [-0.15, -0.1) is 0 Å². The second kappa shape index (κ2) is 4.30. The summed E-state index contributed by atoms with van der Waals surface area (Å²) >= 11 is 5.89. The molecule has 1 aromatic heterocycles. The van der Waals surface area contributed by atoms with Crippen molar-refractivity contribution in [3.63, 3.8) is 0 Å². The molecule has 0 radical (unpaired) electrons. The molecule has 0 spiro atoms. The van der Waals surface area contributed by atoms with Gasteiger partial charge in [0.2, 0.25) is 4.80 Å². The van der Waals surface area contributed by atoms with Gasteiger partial charge in [0.1, 0.15) is 0 Å². The molecule has 2 N–H and O–H groups in total. The monoisotopic (exact) mass is 257 g/mol. The van der Waals surface area contributed by atoms with Crippen molar-refractivity contribution in [1.29, 1.82) is 0 Å². The number of aromatic nitrogens is 1. The number of aryl methyl sites for hydroxylation is 1. The molecule has 15 heavy (non-hydrogen) atoms. The molecule has 0 bridgehead atoms. The van der Waals surface area contributed by atoms with E-state index in [1.54, 1.807) is 0 Å². The Kier molecular flexibility index (Phi) is 3.04. The Hall–Kier alpha value is -0.910. The molecule has 0 aliphatic heterocycles. The lowest BCUT2D eigenvalue weighted by Gasteiger charge is -1.98. The van der Waals surface area contributed by atoms with Gasteiger partial charge in [0.25, 0.3) is 0 Å². The maximum absolute atomic E-state index is 5.89. The first-order valence-electron chi connectivity index (χ1n) is 4.19. The first-order valence-corrected chi connectivity index (χ1v) is 6.71. The van der Waals surface area contributed by atoms with Crippen LogP contribution in [0.3, 0.4) is 0 Å². The fourth-order valence-corrected chi connectivity index (χ4v) is 2.66. The molecule has 1 aromatic carbocycles. The summed E-state index contributed by atoms with van der Waals surface area (Å²) in [6, 6.07) is 5.59. The van der Waals surface area contributed by atoms with Crippen LogP contribution in [0.2, 0.25) is 5.02 Å². The van der Waals surface area contributed by atoms with Crippen LogP contribution in [0.4, 0.5) is 10.8 Å². The van der Waals surface area contributed by atoms with Gasteiger partial charge in [-0.05, 0) is 45.3 Å². The largest absolute Gasteiger partial charge is 0.374 e. The van der Waals surface area contributed by atoms with Gasteiger partial charge in [-0.1, -0.05) is 17.7 Å². The van der Waals surface area contributed by atoms with E-state index in [1.807, 2.05) is 25.1 Å². The van der Waals surface area contributed by atoms with Crippen molar-refractivity contribution in [1.82, 2.24) is 4.98 Å². The highest BCUT2D eigenvalue weighted by Crippen LogP contribution is 2.22. The van der Waals surface area contributed by atoms with Crippen LogP contribution in [-0.4, -0.2) is 4.98 Å². The minimum atomic E-state index is 0.540. The van der Waals surface area contributed by atoms with Crippen LogP contribution in [-0.2, 0) is 0 Å². The molecule has 2 rings (SSSR count). The van der Waals surface area contributed by atoms with E-state index in [-0.39, 0.29) is 0 Å². The molecule has 0 saturated heterocycles. The summed E-state index contributed by atoms with van der Waals surface area (Å²) in [4.78, 5) is 9.13. The second-order valence-electron chi connectivity index (χ2n) is 2.94. The molecule has 3 nitrogen and oxygen atoms in total. The summed E-state index contributed by atoms with van der Waals surface area (Å²) in [6.45, 7) is 1.98. The van der Waals surface area contributed by atoms with Gasteiger partial charge in [0.15, 0.2) is 5.13 Å². The van der Waals surface area contributed by atoms with Crippen LogP contribution >= 0.6 is 32.3 Å².